The molecule has 0 bridgehead atoms. The predicted octanol–water partition coefficient (Wildman–Crippen LogP) is 5.19. The van der Waals surface area contributed by atoms with Crippen molar-refractivity contribution in [2.75, 3.05) is 17.2 Å². The third-order valence-electron chi connectivity index (χ3n) is 5.82. The molecule has 0 spiro atoms. The number of hydrogen-bond acceptors (Lipinski definition) is 5. The molecule has 10 heteroatoms. The minimum absolute atomic E-state index is 0.00688. The number of carbonyl (C=O) groups excluding carboxylic acids is 2. The molecule has 0 saturated carbocycles. The van der Waals surface area contributed by atoms with E-state index in [4.69, 9.17) is 23.2 Å². The van der Waals surface area contributed by atoms with Crippen molar-refractivity contribution in [3.8, 4) is 5.69 Å². The van der Waals surface area contributed by atoms with Gasteiger partial charge in [-0.2, -0.15) is 0 Å². The molecule has 0 aliphatic carbocycles. The van der Waals surface area contributed by atoms with Gasteiger partial charge in [0.1, 0.15) is 0 Å². The first-order valence-electron chi connectivity index (χ1n) is 11.3. The molecule has 7 nitrogen and oxygen atoms in total. The Morgan fingerprint density at radius 2 is 1.72 bits per heavy atom. The molecule has 1 N–H and O–H groups in total. The number of nitrogens with zero attached hydrogens (tertiary/aromatic N) is 4. The summed E-state index contributed by atoms with van der Waals surface area (Å²) in [5.74, 6) is 0.451. The Kier molecular flexibility index (Phi) is 7.27. The van der Waals surface area contributed by atoms with Gasteiger partial charge >= 0.3 is 0 Å². The Hall–Kier alpha value is -3.33. The van der Waals surface area contributed by atoms with Crippen LogP contribution < -0.4 is 10.2 Å². The molecule has 36 heavy (non-hydrogen) atoms. The second kappa shape index (κ2) is 10.7. The van der Waals surface area contributed by atoms with Crippen LogP contribution in [-0.2, 0) is 17.8 Å². The first kappa shape index (κ1) is 24.4. The predicted molar refractivity (Wildman–Crippen MR) is 142 cm³/mol. The number of hydrogen-bond donors (Lipinski definition) is 1. The van der Waals surface area contributed by atoms with Crippen molar-refractivity contribution in [1.82, 2.24) is 20.1 Å². The van der Waals surface area contributed by atoms with Gasteiger partial charge in [-0.3, -0.25) is 14.2 Å². The lowest BCUT2D eigenvalue weighted by Crippen LogP contribution is -2.30. The summed E-state index contributed by atoms with van der Waals surface area (Å²) in [4.78, 5) is 27.4. The van der Waals surface area contributed by atoms with Crippen molar-refractivity contribution in [3.05, 3.63) is 99.8 Å². The molecule has 0 saturated heterocycles. The molecule has 0 unspecified atom stereocenters. The largest absolute Gasteiger partial charge is 0.345 e. The van der Waals surface area contributed by atoms with Crippen LogP contribution in [0.15, 0.2) is 78.0 Å². The lowest BCUT2D eigenvalue weighted by molar-refractivity contribution is -0.116. The van der Waals surface area contributed by atoms with E-state index in [0.717, 1.165) is 12.1 Å². The van der Waals surface area contributed by atoms with E-state index in [2.05, 4.69) is 15.5 Å². The number of para-hydroxylation sites is 1. The number of thioether (sulfide) groups is 1. The zero-order chi connectivity index (χ0) is 25.1. The van der Waals surface area contributed by atoms with Crippen LogP contribution in [-0.4, -0.2) is 38.9 Å². The maximum Gasteiger partial charge on any atom is 0.251 e. The van der Waals surface area contributed by atoms with Crippen molar-refractivity contribution in [1.29, 1.82) is 0 Å². The number of nitrogens with one attached hydrogen (secondary N) is 1. The van der Waals surface area contributed by atoms with Crippen LogP contribution in [0.25, 0.3) is 5.69 Å². The monoisotopic (exact) mass is 537 g/mol. The summed E-state index contributed by atoms with van der Waals surface area (Å²) in [5, 5.41) is 12.8. The summed E-state index contributed by atoms with van der Waals surface area (Å²) >= 11 is 13.7. The number of carbonyl (C=O) groups is 2. The maximum atomic E-state index is 13.1. The first-order valence-corrected chi connectivity index (χ1v) is 13.0. The normalized spacial score (nSPS) is 12.4. The lowest BCUT2D eigenvalue weighted by atomic mass is 10.2. The average molecular weight is 538 g/mol. The number of fused-ring (bicyclic) bond motifs is 1. The van der Waals surface area contributed by atoms with Crippen LogP contribution in [0.4, 0.5) is 5.69 Å². The topological polar surface area (TPSA) is 80.1 Å². The molecule has 0 fully saturated rings. The number of halogens is 2. The van der Waals surface area contributed by atoms with E-state index in [1.54, 1.807) is 47.0 Å². The molecular weight excluding hydrogens is 517 g/mol. The Morgan fingerprint density at radius 3 is 2.53 bits per heavy atom. The standard InChI is InChI=1S/C26H21Cl2N5O2S/c27-20-11-10-19(14-21(20)28)33-23(15-29-25(35)18-7-2-1-3-8-18)30-31-26(33)36-16-24(34)32-13-12-17-6-4-5-9-22(17)32/h1-11,14H,12-13,15-16H2,(H,29,35). The molecule has 4 aromatic rings. The molecule has 2 heterocycles. The molecule has 2 amide bonds. The molecule has 1 aliphatic rings. The number of benzene rings is 3. The smallest absolute Gasteiger partial charge is 0.251 e. The van der Waals surface area contributed by atoms with E-state index < -0.39 is 0 Å². The van der Waals surface area contributed by atoms with Crippen molar-refractivity contribution < 1.29 is 9.59 Å². The van der Waals surface area contributed by atoms with Gasteiger partial charge in [0.05, 0.1) is 28.0 Å². The van der Waals surface area contributed by atoms with Gasteiger partial charge in [0.15, 0.2) is 11.0 Å². The number of rotatable bonds is 7. The molecule has 3 aromatic carbocycles. The Labute approximate surface area is 222 Å². The van der Waals surface area contributed by atoms with E-state index >= 15 is 0 Å². The van der Waals surface area contributed by atoms with Crippen molar-refractivity contribution in [2.45, 2.75) is 18.1 Å². The van der Waals surface area contributed by atoms with Crippen LogP contribution in [0.5, 0.6) is 0 Å². The summed E-state index contributed by atoms with van der Waals surface area (Å²) in [6.07, 6.45) is 0.845. The van der Waals surface area contributed by atoms with E-state index in [1.165, 1.54) is 17.3 Å². The summed E-state index contributed by atoms with van der Waals surface area (Å²) in [5.41, 5.74) is 3.36. The number of anilines is 1. The zero-order valence-electron chi connectivity index (χ0n) is 19.0. The first-order chi connectivity index (χ1) is 17.5. The van der Waals surface area contributed by atoms with Gasteiger partial charge in [-0.1, -0.05) is 71.4 Å². The van der Waals surface area contributed by atoms with Crippen molar-refractivity contribution in [3.63, 3.8) is 0 Å². The van der Waals surface area contributed by atoms with Crippen LogP contribution in [0.2, 0.25) is 10.0 Å². The van der Waals surface area contributed by atoms with Crippen LogP contribution in [0, 0.1) is 0 Å². The highest BCUT2D eigenvalue weighted by Crippen LogP contribution is 2.31. The van der Waals surface area contributed by atoms with Crippen LogP contribution in [0.3, 0.4) is 0 Å². The molecule has 0 radical (unpaired) electrons. The van der Waals surface area contributed by atoms with Crippen LogP contribution >= 0.6 is 35.0 Å². The highest BCUT2D eigenvalue weighted by atomic mass is 35.5. The third-order valence-corrected chi connectivity index (χ3v) is 7.47. The second-order valence-corrected chi connectivity index (χ2v) is 9.85. The van der Waals surface area contributed by atoms with Gasteiger partial charge in [-0.25, -0.2) is 0 Å². The number of amides is 2. The van der Waals surface area contributed by atoms with E-state index in [1.807, 2.05) is 35.2 Å². The van der Waals surface area contributed by atoms with Gasteiger partial charge in [0, 0.05) is 17.8 Å². The molecule has 182 valence electrons. The van der Waals surface area contributed by atoms with Crippen LogP contribution in [0.1, 0.15) is 21.7 Å². The summed E-state index contributed by atoms with van der Waals surface area (Å²) in [6, 6.07) is 22.1. The van der Waals surface area contributed by atoms with Crippen molar-refractivity contribution >= 4 is 52.5 Å². The molecule has 1 aliphatic heterocycles. The van der Waals surface area contributed by atoms with Gasteiger partial charge in [0.25, 0.3) is 5.91 Å². The van der Waals surface area contributed by atoms with E-state index in [-0.39, 0.29) is 24.1 Å². The van der Waals surface area contributed by atoms with Gasteiger partial charge in [-0.15, -0.1) is 10.2 Å². The van der Waals surface area contributed by atoms with Crippen molar-refractivity contribution in [2.24, 2.45) is 0 Å². The lowest BCUT2D eigenvalue weighted by Gasteiger charge is -2.17. The molecule has 0 atom stereocenters. The summed E-state index contributed by atoms with van der Waals surface area (Å²) < 4.78 is 1.78. The Bertz CT molecular complexity index is 1430. The second-order valence-electron chi connectivity index (χ2n) is 8.09. The SMILES string of the molecule is O=C(NCc1nnc(SCC(=O)N2CCc3ccccc32)n1-c1ccc(Cl)c(Cl)c1)c1ccccc1. The number of aromatic nitrogens is 3. The molecule has 1 aromatic heterocycles. The highest BCUT2D eigenvalue weighted by molar-refractivity contribution is 7.99. The molecular formula is C26H21Cl2N5O2S. The fourth-order valence-corrected chi connectivity index (χ4v) is 5.18. The van der Waals surface area contributed by atoms with E-state index in [9.17, 15) is 9.59 Å². The zero-order valence-corrected chi connectivity index (χ0v) is 21.4. The fraction of sp³-hybridized carbons (Fsp3) is 0.154. The maximum absolute atomic E-state index is 13.1. The van der Waals surface area contributed by atoms with Gasteiger partial charge < -0.3 is 10.2 Å². The Morgan fingerprint density at radius 1 is 0.944 bits per heavy atom. The summed E-state index contributed by atoms with van der Waals surface area (Å²) in [6.45, 7) is 0.796. The highest BCUT2D eigenvalue weighted by Gasteiger charge is 2.25. The van der Waals surface area contributed by atoms with Gasteiger partial charge in [0.2, 0.25) is 5.91 Å². The quantitative estimate of drug-likeness (QED) is 0.328. The fourth-order valence-electron chi connectivity index (χ4n) is 4.04. The van der Waals surface area contributed by atoms with Gasteiger partial charge in [-0.05, 0) is 48.4 Å². The third kappa shape index (κ3) is 5.11. The molecule has 5 rings (SSSR count). The minimum Gasteiger partial charge on any atom is -0.345 e. The minimum atomic E-state index is -0.226. The Balaban J connectivity index is 1.37. The van der Waals surface area contributed by atoms with E-state index in [0.29, 0.717) is 38.8 Å². The summed E-state index contributed by atoms with van der Waals surface area (Å²) in [7, 11) is 0. The average Bonchev–Trinajstić information content (AvgIpc) is 3.52.